The lowest BCUT2D eigenvalue weighted by atomic mass is 10.2. The van der Waals surface area contributed by atoms with Gasteiger partial charge in [0, 0.05) is 25.4 Å². The molecule has 122 valence electrons. The van der Waals surface area contributed by atoms with Crippen molar-refractivity contribution in [2.75, 3.05) is 13.1 Å². The fraction of sp³-hybridized carbons (Fsp3) is 0.533. The maximum atomic E-state index is 12.1. The highest BCUT2D eigenvalue weighted by atomic mass is 35.5. The summed E-state index contributed by atoms with van der Waals surface area (Å²) in [5.74, 6) is -0.494. The molecule has 0 aromatic carbocycles. The highest BCUT2D eigenvalue weighted by Crippen LogP contribution is 2.23. The maximum Gasteiger partial charge on any atom is 0.239 e. The number of thiophene rings is 1. The van der Waals surface area contributed by atoms with Gasteiger partial charge in [-0.1, -0.05) is 11.6 Å². The first-order valence-electron chi connectivity index (χ1n) is 7.19. The largest absolute Gasteiger partial charge is 0.352 e. The minimum absolute atomic E-state index is 0.0204. The average molecular weight is 345 g/mol. The number of carbonyl (C=O) groups excluding carboxylic acids is 3. The fourth-order valence-corrected chi connectivity index (χ4v) is 2.89. The molecule has 0 saturated carbocycles. The first-order chi connectivity index (χ1) is 10.3. The van der Waals surface area contributed by atoms with Crippen LogP contribution in [-0.4, -0.2) is 41.6 Å². The van der Waals surface area contributed by atoms with E-state index in [9.17, 15) is 14.4 Å². The molecule has 0 spiro atoms. The monoisotopic (exact) mass is 344 g/mol. The van der Waals surface area contributed by atoms with Crippen LogP contribution in [0.25, 0.3) is 0 Å². The van der Waals surface area contributed by atoms with E-state index in [1.165, 1.54) is 16.2 Å². The number of rotatable bonds is 8. The van der Waals surface area contributed by atoms with Gasteiger partial charge in [-0.15, -0.1) is 11.3 Å². The molecule has 1 aromatic heterocycles. The smallest absolute Gasteiger partial charge is 0.239 e. The summed E-state index contributed by atoms with van der Waals surface area (Å²) in [4.78, 5) is 37.8. The number of halogens is 1. The van der Waals surface area contributed by atoms with Crippen LogP contribution in [0.2, 0.25) is 4.34 Å². The molecular weight excluding hydrogens is 324 g/mol. The zero-order chi connectivity index (χ0) is 16.7. The molecular formula is C15H21ClN2O3S. The van der Waals surface area contributed by atoms with Crippen LogP contribution in [0, 0.1) is 0 Å². The van der Waals surface area contributed by atoms with Gasteiger partial charge in [-0.05, 0) is 32.9 Å². The zero-order valence-electron chi connectivity index (χ0n) is 13.0. The summed E-state index contributed by atoms with van der Waals surface area (Å²) < 4.78 is 0.551. The number of amides is 2. The molecule has 0 bridgehead atoms. The fourth-order valence-electron chi connectivity index (χ4n) is 1.88. The van der Waals surface area contributed by atoms with E-state index in [0.29, 0.717) is 15.8 Å². The Kier molecular flexibility index (Phi) is 7.55. The number of nitrogens with zero attached hydrogens (tertiary/aromatic N) is 1. The summed E-state index contributed by atoms with van der Waals surface area (Å²) in [7, 11) is 0. The van der Waals surface area contributed by atoms with E-state index in [1.54, 1.807) is 19.1 Å². The minimum atomic E-state index is -0.197. The molecule has 2 amide bonds. The molecule has 0 radical (unpaired) electrons. The van der Waals surface area contributed by atoms with E-state index in [-0.39, 0.29) is 43.0 Å². The van der Waals surface area contributed by atoms with Crippen molar-refractivity contribution in [3.8, 4) is 0 Å². The summed E-state index contributed by atoms with van der Waals surface area (Å²) in [6.45, 7) is 5.99. The average Bonchev–Trinajstić information content (AvgIpc) is 2.87. The summed E-state index contributed by atoms with van der Waals surface area (Å²) in [5, 5.41) is 2.74. The first kappa shape index (κ1) is 18.6. The lowest BCUT2D eigenvalue weighted by Crippen LogP contribution is -2.42. The number of ketones is 1. The van der Waals surface area contributed by atoms with Gasteiger partial charge in [0.15, 0.2) is 5.78 Å². The third kappa shape index (κ3) is 6.15. The van der Waals surface area contributed by atoms with Crippen molar-refractivity contribution in [1.82, 2.24) is 10.2 Å². The lowest BCUT2D eigenvalue weighted by molar-refractivity contribution is -0.136. The number of hydrogen-bond acceptors (Lipinski definition) is 4. The summed E-state index contributed by atoms with van der Waals surface area (Å²) in [6, 6.07) is 3.36. The van der Waals surface area contributed by atoms with E-state index in [2.05, 4.69) is 5.32 Å². The topological polar surface area (TPSA) is 66.5 Å². The second-order valence-electron chi connectivity index (χ2n) is 5.16. The Bertz CT molecular complexity index is 543. The van der Waals surface area contributed by atoms with Crippen molar-refractivity contribution in [3.05, 3.63) is 21.3 Å². The van der Waals surface area contributed by atoms with Crippen LogP contribution in [0.4, 0.5) is 0 Å². The molecule has 1 aromatic rings. The van der Waals surface area contributed by atoms with Crippen LogP contribution in [0.5, 0.6) is 0 Å². The second-order valence-corrected chi connectivity index (χ2v) is 6.87. The number of carbonyl (C=O) groups is 3. The Balaban J connectivity index is 2.48. The Morgan fingerprint density at radius 2 is 1.95 bits per heavy atom. The van der Waals surface area contributed by atoms with E-state index < -0.39 is 0 Å². The molecule has 22 heavy (non-hydrogen) atoms. The first-order valence-corrected chi connectivity index (χ1v) is 8.38. The van der Waals surface area contributed by atoms with Gasteiger partial charge in [0.2, 0.25) is 11.8 Å². The molecule has 5 nitrogen and oxygen atoms in total. The van der Waals surface area contributed by atoms with Crippen molar-refractivity contribution in [2.24, 2.45) is 0 Å². The lowest BCUT2D eigenvalue weighted by Gasteiger charge is -2.21. The zero-order valence-corrected chi connectivity index (χ0v) is 14.6. The summed E-state index contributed by atoms with van der Waals surface area (Å²) in [6.07, 6.45) is 0.217. The molecule has 1 N–H and O–H groups in total. The second kappa shape index (κ2) is 8.90. The number of hydrogen-bond donors (Lipinski definition) is 1. The summed E-state index contributed by atoms with van der Waals surface area (Å²) in [5.41, 5.74) is 0. The number of nitrogens with one attached hydrogen (secondary N) is 1. The van der Waals surface area contributed by atoms with Crippen LogP contribution < -0.4 is 5.32 Å². The van der Waals surface area contributed by atoms with E-state index >= 15 is 0 Å². The molecule has 0 aliphatic rings. The quantitative estimate of drug-likeness (QED) is 0.737. The van der Waals surface area contributed by atoms with Crippen LogP contribution in [0.15, 0.2) is 12.1 Å². The normalized spacial score (nSPS) is 10.6. The Hall–Kier alpha value is -1.40. The number of Topliss-reactive ketones (excluding diaryl/α,β-unsaturated/α-hetero) is 1. The standard InChI is InChI=1S/C15H21ClN2O3S/c1-4-18(9-14(20)17-10(2)3)15(21)8-5-11(19)12-6-7-13(16)22-12/h6-7,10H,4-5,8-9H2,1-3H3,(H,17,20). The molecule has 0 fully saturated rings. The predicted molar refractivity (Wildman–Crippen MR) is 88.4 cm³/mol. The van der Waals surface area contributed by atoms with E-state index in [0.717, 1.165) is 0 Å². The van der Waals surface area contributed by atoms with Gasteiger partial charge >= 0.3 is 0 Å². The van der Waals surface area contributed by atoms with Gasteiger partial charge in [0.25, 0.3) is 0 Å². The maximum absolute atomic E-state index is 12.1. The van der Waals surface area contributed by atoms with Crippen molar-refractivity contribution >= 4 is 40.5 Å². The van der Waals surface area contributed by atoms with Gasteiger partial charge < -0.3 is 10.2 Å². The predicted octanol–water partition coefficient (Wildman–Crippen LogP) is 2.74. The van der Waals surface area contributed by atoms with Gasteiger partial charge in [-0.25, -0.2) is 0 Å². The highest BCUT2D eigenvalue weighted by Gasteiger charge is 2.18. The van der Waals surface area contributed by atoms with E-state index in [4.69, 9.17) is 11.6 Å². The number of likely N-dealkylation sites (N-methyl/N-ethyl adjacent to an activating group) is 1. The Morgan fingerprint density at radius 3 is 2.45 bits per heavy atom. The molecule has 1 rings (SSSR count). The molecule has 0 aliphatic carbocycles. The van der Waals surface area contributed by atoms with Crippen LogP contribution in [0.3, 0.4) is 0 Å². The van der Waals surface area contributed by atoms with Crippen LogP contribution in [-0.2, 0) is 9.59 Å². The summed E-state index contributed by atoms with van der Waals surface area (Å²) >= 11 is 6.99. The Morgan fingerprint density at radius 1 is 1.27 bits per heavy atom. The van der Waals surface area contributed by atoms with Crippen LogP contribution >= 0.6 is 22.9 Å². The molecule has 0 atom stereocenters. The van der Waals surface area contributed by atoms with Gasteiger partial charge in [-0.3, -0.25) is 14.4 Å². The third-order valence-electron chi connectivity index (χ3n) is 2.93. The minimum Gasteiger partial charge on any atom is -0.352 e. The van der Waals surface area contributed by atoms with E-state index in [1.807, 2.05) is 13.8 Å². The molecule has 0 unspecified atom stereocenters. The molecule has 0 aliphatic heterocycles. The van der Waals surface area contributed by atoms with Gasteiger partial charge in [-0.2, -0.15) is 0 Å². The van der Waals surface area contributed by atoms with Gasteiger partial charge in [0.1, 0.15) is 0 Å². The van der Waals surface area contributed by atoms with Crippen LogP contribution in [0.1, 0.15) is 43.3 Å². The Labute approximate surface area is 139 Å². The van der Waals surface area contributed by atoms with Crippen molar-refractivity contribution in [2.45, 2.75) is 39.7 Å². The van der Waals surface area contributed by atoms with Crippen molar-refractivity contribution < 1.29 is 14.4 Å². The SMILES string of the molecule is CCN(CC(=O)NC(C)C)C(=O)CCC(=O)c1ccc(Cl)s1. The molecule has 1 heterocycles. The van der Waals surface area contributed by atoms with Crippen molar-refractivity contribution in [1.29, 1.82) is 0 Å². The molecule has 0 saturated heterocycles. The third-order valence-corrected chi connectivity index (χ3v) is 4.20. The highest BCUT2D eigenvalue weighted by molar-refractivity contribution is 7.18. The van der Waals surface area contributed by atoms with Gasteiger partial charge in [0.05, 0.1) is 15.8 Å². The molecule has 7 heteroatoms. The van der Waals surface area contributed by atoms with Crippen molar-refractivity contribution in [3.63, 3.8) is 0 Å².